The Kier molecular flexibility index (Phi) is 5.96. The number of phenols is 1. The highest BCUT2D eigenvalue weighted by atomic mass is 16.5. The van der Waals surface area contributed by atoms with E-state index >= 15 is 0 Å². The van der Waals surface area contributed by atoms with Crippen molar-refractivity contribution in [1.82, 2.24) is 9.88 Å². The maximum atomic E-state index is 13.9. The summed E-state index contributed by atoms with van der Waals surface area (Å²) in [5, 5.41) is 22.3. The summed E-state index contributed by atoms with van der Waals surface area (Å²) in [6, 6.07) is 3.47. The first-order chi connectivity index (χ1) is 17.9. The highest BCUT2D eigenvalue weighted by Crippen LogP contribution is 2.52. The molecule has 0 bridgehead atoms. The van der Waals surface area contributed by atoms with E-state index in [1.54, 1.807) is 38.6 Å². The summed E-state index contributed by atoms with van der Waals surface area (Å²) in [6.07, 6.45) is 3.24. The summed E-state index contributed by atoms with van der Waals surface area (Å²) in [5.74, 6) is -10.3. The van der Waals surface area contributed by atoms with Crippen LogP contribution in [0.1, 0.15) is 22.3 Å². The third kappa shape index (κ3) is 3.35. The first-order valence-electron chi connectivity index (χ1n) is 12.1. The van der Waals surface area contributed by atoms with E-state index in [-0.39, 0.29) is 24.2 Å². The third-order valence-electron chi connectivity index (χ3n) is 8.24. The number of likely N-dealkylation sites (N-methyl/N-ethyl adjacent to an activating group) is 1. The Morgan fingerprint density at radius 2 is 1.84 bits per heavy atom. The second kappa shape index (κ2) is 8.81. The molecule has 6 atom stereocenters. The summed E-state index contributed by atoms with van der Waals surface area (Å²) >= 11 is 0. The van der Waals surface area contributed by atoms with Gasteiger partial charge in [0, 0.05) is 23.9 Å². The second-order valence-electron chi connectivity index (χ2n) is 10.4. The van der Waals surface area contributed by atoms with Gasteiger partial charge in [0.15, 0.2) is 34.7 Å². The Balaban J connectivity index is 1.67. The van der Waals surface area contributed by atoms with Gasteiger partial charge in [-0.15, -0.1) is 0 Å². The van der Waals surface area contributed by atoms with Crippen molar-refractivity contribution < 1.29 is 38.9 Å². The van der Waals surface area contributed by atoms with E-state index in [0.29, 0.717) is 22.4 Å². The normalized spacial score (nSPS) is 30.5. The molecule has 5 rings (SSSR count). The Hall–Kier alpha value is -3.96. The number of Topliss-reactive ketones (excluding diaryl/α,β-unsaturated/α-hetero) is 4. The second-order valence-corrected chi connectivity index (χ2v) is 10.4. The van der Waals surface area contributed by atoms with Gasteiger partial charge in [-0.25, -0.2) is 0 Å². The lowest BCUT2D eigenvalue weighted by Crippen LogP contribution is -2.74. The molecule has 1 heterocycles. The topological polar surface area (TPSA) is 177 Å². The number of carbonyl (C=O) groups is 5. The number of hydrogen-bond acceptors (Lipinski definition) is 10. The van der Waals surface area contributed by atoms with E-state index < -0.39 is 64.4 Å². The molecule has 11 heteroatoms. The van der Waals surface area contributed by atoms with Crippen LogP contribution in [0.4, 0.5) is 0 Å². The van der Waals surface area contributed by atoms with Crippen LogP contribution in [0.5, 0.6) is 11.5 Å². The molecule has 2 fully saturated rings. The van der Waals surface area contributed by atoms with Crippen LogP contribution in [0.3, 0.4) is 0 Å². The van der Waals surface area contributed by atoms with Crippen molar-refractivity contribution in [3.05, 3.63) is 41.7 Å². The molecule has 11 nitrogen and oxygen atoms in total. The SMILES string of the molecule is COc1ccncc1-c1ccc(O)c2c1C[C@H]1C[C@H]3[C@H](N(C)C)C(=O)C(C(N)=O)C(=O)[C@@]3(O)C(=O)C1C2=O. The molecular weight excluding hydrogens is 494 g/mol. The fraction of sp³-hybridized carbons (Fsp3) is 0.407. The zero-order valence-electron chi connectivity index (χ0n) is 21.0. The van der Waals surface area contributed by atoms with Crippen LogP contribution in [0.25, 0.3) is 11.1 Å². The minimum atomic E-state index is -2.75. The molecule has 0 aliphatic heterocycles. The van der Waals surface area contributed by atoms with Gasteiger partial charge in [-0.2, -0.15) is 0 Å². The minimum Gasteiger partial charge on any atom is -0.507 e. The number of nitrogens with zero attached hydrogens (tertiary/aromatic N) is 2. The average Bonchev–Trinajstić information content (AvgIpc) is 2.86. The summed E-state index contributed by atoms with van der Waals surface area (Å²) in [4.78, 5) is 71.9. The Labute approximate surface area is 217 Å². The average molecular weight is 522 g/mol. The number of rotatable bonds is 4. The van der Waals surface area contributed by atoms with Crippen molar-refractivity contribution in [1.29, 1.82) is 0 Å². The van der Waals surface area contributed by atoms with Gasteiger partial charge in [0.2, 0.25) is 5.91 Å². The van der Waals surface area contributed by atoms with Gasteiger partial charge in [-0.3, -0.25) is 33.9 Å². The molecule has 0 saturated heterocycles. The van der Waals surface area contributed by atoms with E-state index in [1.807, 2.05) is 0 Å². The van der Waals surface area contributed by atoms with Gasteiger partial charge in [0.25, 0.3) is 0 Å². The molecule has 2 unspecified atom stereocenters. The van der Waals surface area contributed by atoms with Gasteiger partial charge in [0.05, 0.1) is 24.6 Å². The molecule has 3 aliphatic rings. The molecule has 38 heavy (non-hydrogen) atoms. The number of phenolic OH excluding ortho intramolecular Hbond substituents is 1. The number of aromatic nitrogens is 1. The lowest BCUT2D eigenvalue weighted by atomic mass is 9.52. The number of benzene rings is 1. The third-order valence-corrected chi connectivity index (χ3v) is 8.24. The summed E-state index contributed by atoms with van der Waals surface area (Å²) < 4.78 is 5.46. The number of primary amides is 1. The number of aromatic hydroxyl groups is 1. The number of ketones is 4. The molecule has 1 aromatic carbocycles. The molecular formula is C27H27N3O8. The number of nitrogens with two attached hydrogens (primary N) is 1. The van der Waals surface area contributed by atoms with E-state index in [4.69, 9.17) is 10.5 Å². The van der Waals surface area contributed by atoms with E-state index in [2.05, 4.69) is 4.98 Å². The van der Waals surface area contributed by atoms with Gasteiger partial charge >= 0.3 is 0 Å². The van der Waals surface area contributed by atoms with Gasteiger partial charge < -0.3 is 20.7 Å². The predicted molar refractivity (Wildman–Crippen MR) is 131 cm³/mol. The minimum absolute atomic E-state index is 0.0246. The number of aliphatic hydroxyl groups is 1. The Morgan fingerprint density at radius 3 is 2.47 bits per heavy atom. The number of carbonyl (C=O) groups excluding carboxylic acids is 5. The molecule has 2 aromatic rings. The predicted octanol–water partition coefficient (Wildman–Crippen LogP) is -0.0624. The number of hydrogen-bond donors (Lipinski definition) is 3. The molecule has 4 N–H and O–H groups in total. The molecule has 1 amide bonds. The van der Waals surface area contributed by atoms with Crippen molar-refractivity contribution >= 4 is 29.0 Å². The fourth-order valence-corrected chi connectivity index (χ4v) is 6.62. The number of fused-ring (bicyclic) bond motifs is 3. The van der Waals surface area contributed by atoms with Crippen LogP contribution in [-0.2, 0) is 25.6 Å². The van der Waals surface area contributed by atoms with E-state index in [9.17, 15) is 34.2 Å². The number of amides is 1. The quantitative estimate of drug-likeness (QED) is 0.462. The van der Waals surface area contributed by atoms with Crippen LogP contribution in [0, 0.1) is 23.7 Å². The molecule has 0 spiro atoms. The van der Waals surface area contributed by atoms with Gasteiger partial charge in [0.1, 0.15) is 11.5 Å². The maximum Gasteiger partial charge on any atom is 0.235 e. The molecule has 198 valence electrons. The fourth-order valence-electron chi connectivity index (χ4n) is 6.62. The summed E-state index contributed by atoms with van der Waals surface area (Å²) in [7, 11) is 4.57. The highest BCUT2D eigenvalue weighted by molar-refractivity contribution is 6.32. The van der Waals surface area contributed by atoms with Crippen LogP contribution in [0.15, 0.2) is 30.6 Å². The van der Waals surface area contributed by atoms with Crippen LogP contribution >= 0.6 is 0 Å². The van der Waals surface area contributed by atoms with Gasteiger partial charge in [-0.1, -0.05) is 6.07 Å². The monoisotopic (exact) mass is 521 g/mol. The van der Waals surface area contributed by atoms with Gasteiger partial charge in [-0.05, 0) is 56.1 Å². The lowest BCUT2D eigenvalue weighted by Gasteiger charge is -2.52. The Bertz CT molecular complexity index is 1420. The van der Waals surface area contributed by atoms with Crippen molar-refractivity contribution in [2.45, 2.75) is 24.5 Å². The summed E-state index contributed by atoms with van der Waals surface area (Å²) in [6.45, 7) is 0. The number of pyridine rings is 1. The van der Waals surface area contributed by atoms with Crippen molar-refractivity contribution in [3.8, 4) is 22.6 Å². The highest BCUT2D eigenvalue weighted by Gasteiger charge is 2.69. The van der Waals surface area contributed by atoms with E-state index in [1.165, 1.54) is 18.1 Å². The standard InChI is InChI=1S/C27H27N3O8/c1-30(2)21-15-9-11-8-13-12(14-10-29-7-6-17(14)38-3)4-5-16(31)19(13)22(32)18(11)24(34)27(15,37)25(35)20(23(21)33)26(28)36/h4-7,10-11,15,18,20-21,31,37H,8-9H2,1-3H3,(H2,28,36)/t11-,15-,18?,20?,21-,27-/m0/s1. The molecule has 0 radical (unpaired) electrons. The van der Waals surface area contributed by atoms with Crippen LogP contribution < -0.4 is 10.5 Å². The van der Waals surface area contributed by atoms with Crippen molar-refractivity contribution in [3.63, 3.8) is 0 Å². The molecule has 3 aliphatic carbocycles. The zero-order chi connectivity index (χ0) is 27.7. The van der Waals surface area contributed by atoms with Crippen LogP contribution in [0.2, 0.25) is 0 Å². The zero-order valence-corrected chi connectivity index (χ0v) is 21.0. The lowest BCUT2D eigenvalue weighted by molar-refractivity contribution is -0.181. The van der Waals surface area contributed by atoms with Crippen molar-refractivity contribution in [2.24, 2.45) is 29.4 Å². The van der Waals surface area contributed by atoms with Crippen LogP contribution in [-0.4, -0.2) is 82.0 Å². The van der Waals surface area contributed by atoms with Crippen molar-refractivity contribution in [2.75, 3.05) is 21.2 Å². The van der Waals surface area contributed by atoms with E-state index in [0.717, 1.165) is 0 Å². The summed E-state index contributed by atoms with van der Waals surface area (Å²) in [5.41, 5.74) is 4.14. The number of methoxy groups -OCH3 is 1. The number of ether oxygens (including phenoxy) is 1. The molecule has 2 saturated carbocycles. The smallest absolute Gasteiger partial charge is 0.235 e. The first-order valence-corrected chi connectivity index (χ1v) is 12.1. The Morgan fingerprint density at radius 1 is 1.13 bits per heavy atom. The molecule has 1 aromatic heterocycles. The largest absolute Gasteiger partial charge is 0.507 e. The first kappa shape index (κ1) is 25.7. The maximum absolute atomic E-state index is 13.9.